The number of hydrogen-bond acceptors (Lipinski definition) is 5. The summed E-state index contributed by atoms with van der Waals surface area (Å²) < 4.78 is 30.8. The molecule has 0 unspecified atom stereocenters. The minimum Gasteiger partial charge on any atom is -0.467 e. The van der Waals surface area contributed by atoms with E-state index in [2.05, 4.69) is 10.3 Å². The number of nitrogens with one attached hydrogen (secondary N) is 2. The normalized spacial score (nSPS) is 12.7. The van der Waals surface area contributed by atoms with Crippen LogP contribution >= 0.6 is 11.6 Å². The van der Waals surface area contributed by atoms with E-state index in [1.807, 2.05) is 24.3 Å². The van der Waals surface area contributed by atoms with Crippen LogP contribution in [0.1, 0.15) is 15.9 Å². The highest BCUT2D eigenvalue weighted by Crippen LogP contribution is 2.25. The van der Waals surface area contributed by atoms with Crippen molar-refractivity contribution >= 4 is 44.4 Å². The Balaban J connectivity index is 1.89. The van der Waals surface area contributed by atoms with Gasteiger partial charge in [0.15, 0.2) is 0 Å². The second-order valence-corrected chi connectivity index (χ2v) is 9.57. The number of ether oxygens (including phenoxy) is 1. The second kappa shape index (κ2) is 9.09. The lowest BCUT2D eigenvalue weighted by Gasteiger charge is -2.17. The number of H-pyrrole nitrogens is 1. The van der Waals surface area contributed by atoms with Gasteiger partial charge >= 0.3 is 5.97 Å². The van der Waals surface area contributed by atoms with Gasteiger partial charge in [-0.25, -0.2) is 17.5 Å². The number of amides is 1. The van der Waals surface area contributed by atoms with E-state index in [0.29, 0.717) is 0 Å². The number of esters is 1. The molecule has 0 bridgehead atoms. The largest absolute Gasteiger partial charge is 0.467 e. The summed E-state index contributed by atoms with van der Waals surface area (Å²) in [4.78, 5) is 28.1. The Hall–Kier alpha value is -2.88. The third kappa shape index (κ3) is 4.73. The van der Waals surface area contributed by atoms with Crippen LogP contribution in [0.4, 0.5) is 0 Å². The number of carbonyl (C=O) groups excluding carboxylic acids is 2. The first-order valence-corrected chi connectivity index (χ1v) is 11.1. The number of rotatable bonds is 7. The van der Waals surface area contributed by atoms with Crippen LogP contribution in [0.15, 0.2) is 53.6 Å². The van der Waals surface area contributed by atoms with Crippen LogP contribution in [0.3, 0.4) is 0 Å². The monoisotopic (exact) mass is 463 g/mol. The second-order valence-electron chi connectivity index (χ2n) is 7.05. The molecule has 2 N–H and O–H groups in total. The summed E-state index contributed by atoms with van der Waals surface area (Å²) in [5.74, 6) is -1.24. The van der Waals surface area contributed by atoms with Gasteiger partial charge in [0.1, 0.15) is 10.9 Å². The zero-order valence-electron chi connectivity index (χ0n) is 17.2. The van der Waals surface area contributed by atoms with Crippen LogP contribution in [-0.4, -0.2) is 56.8 Å². The van der Waals surface area contributed by atoms with E-state index in [0.717, 1.165) is 20.8 Å². The minimum atomic E-state index is -3.85. The molecule has 1 heterocycles. The van der Waals surface area contributed by atoms with Crippen LogP contribution < -0.4 is 5.32 Å². The number of fused-ring (bicyclic) bond motifs is 1. The van der Waals surface area contributed by atoms with Crippen LogP contribution in [-0.2, 0) is 26.0 Å². The molecule has 1 atom stereocenters. The first-order chi connectivity index (χ1) is 14.6. The van der Waals surface area contributed by atoms with Crippen LogP contribution in [0.2, 0.25) is 5.02 Å². The summed E-state index contributed by atoms with van der Waals surface area (Å²) in [6.07, 6.45) is 1.97. The van der Waals surface area contributed by atoms with Gasteiger partial charge in [0.25, 0.3) is 5.91 Å². The van der Waals surface area contributed by atoms with E-state index in [1.165, 1.54) is 39.4 Å². The summed E-state index contributed by atoms with van der Waals surface area (Å²) in [5, 5.41) is 3.56. The Morgan fingerprint density at radius 2 is 1.90 bits per heavy atom. The van der Waals surface area contributed by atoms with Gasteiger partial charge in [-0.2, -0.15) is 0 Å². The average Bonchev–Trinajstić information content (AvgIpc) is 3.15. The molecule has 0 spiro atoms. The van der Waals surface area contributed by atoms with E-state index in [-0.39, 0.29) is 21.9 Å². The number of nitrogens with zero attached hydrogens (tertiary/aromatic N) is 1. The quantitative estimate of drug-likeness (QED) is 0.523. The first kappa shape index (κ1) is 22.8. The molecule has 0 aliphatic heterocycles. The van der Waals surface area contributed by atoms with Crippen molar-refractivity contribution in [2.45, 2.75) is 17.4 Å². The zero-order chi connectivity index (χ0) is 22.8. The van der Waals surface area contributed by atoms with Gasteiger partial charge in [-0.15, -0.1) is 0 Å². The molecule has 0 aliphatic carbocycles. The molecule has 3 rings (SSSR count). The van der Waals surface area contributed by atoms with E-state index in [1.54, 1.807) is 6.20 Å². The molecule has 0 radical (unpaired) electrons. The summed E-state index contributed by atoms with van der Waals surface area (Å²) in [6.45, 7) is 0. The fraction of sp³-hybridized carbons (Fsp3) is 0.238. The Kier molecular flexibility index (Phi) is 6.68. The third-order valence-corrected chi connectivity index (χ3v) is 7.14. The van der Waals surface area contributed by atoms with E-state index < -0.39 is 27.9 Å². The fourth-order valence-corrected chi connectivity index (χ4v) is 4.53. The maximum absolute atomic E-state index is 12.8. The molecule has 1 amide bonds. The smallest absolute Gasteiger partial charge is 0.328 e. The Bertz CT molecular complexity index is 1240. The lowest BCUT2D eigenvalue weighted by atomic mass is 10.0. The summed E-state index contributed by atoms with van der Waals surface area (Å²) in [5.41, 5.74) is 1.79. The van der Waals surface area contributed by atoms with Crippen molar-refractivity contribution in [2.24, 2.45) is 0 Å². The van der Waals surface area contributed by atoms with Crippen molar-refractivity contribution in [3.63, 3.8) is 0 Å². The first-order valence-electron chi connectivity index (χ1n) is 9.31. The molecule has 10 heteroatoms. The van der Waals surface area contributed by atoms with Gasteiger partial charge in [0.2, 0.25) is 10.0 Å². The fourth-order valence-electron chi connectivity index (χ4n) is 3.14. The maximum atomic E-state index is 12.8. The van der Waals surface area contributed by atoms with Gasteiger partial charge in [0.05, 0.1) is 12.1 Å². The van der Waals surface area contributed by atoms with Crippen molar-refractivity contribution in [2.75, 3.05) is 21.2 Å². The number of benzene rings is 2. The molecular formula is C21H22ClN3O5S. The molecule has 8 nitrogen and oxygen atoms in total. The molecule has 31 heavy (non-hydrogen) atoms. The number of hydrogen-bond donors (Lipinski definition) is 2. The van der Waals surface area contributed by atoms with E-state index >= 15 is 0 Å². The Labute approximate surface area is 185 Å². The van der Waals surface area contributed by atoms with Crippen LogP contribution in [0, 0.1) is 0 Å². The molecule has 0 aliphatic rings. The molecule has 3 aromatic rings. The number of methoxy groups -OCH3 is 1. The molecule has 164 valence electrons. The SMILES string of the molecule is COC(=O)[C@@H](Cc1c[nH]c2ccccc12)NC(=O)c1ccc(Cl)c(S(=O)(=O)N(C)C)c1. The van der Waals surface area contributed by atoms with Gasteiger partial charge in [-0.3, -0.25) is 4.79 Å². The summed E-state index contributed by atoms with van der Waals surface area (Å²) >= 11 is 6.04. The molecule has 0 saturated heterocycles. The highest BCUT2D eigenvalue weighted by Gasteiger charge is 2.26. The van der Waals surface area contributed by atoms with Crippen molar-refractivity contribution < 1.29 is 22.7 Å². The van der Waals surface area contributed by atoms with Gasteiger partial charge in [0, 0.05) is 43.2 Å². The number of para-hydroxylation sites is 1. The van der Waals surface area contributed by atoms with Crippen molar-refractivity contribution in [3.05, 3.63) is 64.8 Å². The number of aromatic amines is 1. The lowest BCUT2D eigenvalue weighted by Crippen LogP contribution is -2.43. The summed E-state index contributed by atoms with van der Waals surface area (Å²) in [7, 11) is 0.120. The maximum Gasteiger partial charge on any atom is 0.328 e. The summed E-state index contributed by atoms with van der Waals surface area (Å²) in [6, 6.07) is 10.5. The van der Waals surface area contributed by atoms with E-state index in [4.69, 9.17) is 16.3 Å². The molecule has 0 fully saturated rings. The topological polar surface area (TPSA) is 109 Å². The minimum absolute atomic E-state index is 0.00596. The van der Waals surface area contributed by atoms with E-state index in [9.17, 15) is 18.0 Å². The molecular weight excluding hydrogens is 442 g/mol. The van der Waals surface area contributed by atoms with Crippen molar-refractivity contribution in [3.8, 4) is 0 Å². The number of aromatic nitrogens is 1. The van der Waals surface area contributed by atoms with Crippen LogP contribution in [0.5, 0.6) is 0 Å². The van der Waals surface area contributed by atoms with Crippen LogP contribution in [0.25, 0.3) is 10.9 Å². The number of carbonyl (C=O) groups is 2. The van der Waals surface area contributed by atoms with Gasteiger partial charge < -0.3 is 15.0 Å². The number of sulfonamides is 1. The third-order valence-electron chi connectivity index (χ3n) is 4.84. The average molecular weight is 464 g/mol. The Morgan fingerprint density at radius 1 is 1.19 bits per heavy atom. The highest BCUT2D eigenvalue weighted by atomic mass is 35.5. The van der Waals surface area contributed by atoms with Gasteiger partial charge in [-0.1, -0.05) is 29.8 Å². The molecule has 1 aromatic heterocycles. The predicted octanol–water partition coefficient (Wildman–Crippen LogP) is 2.59. The predicted molar refractivity (Wildman–Crippen MR) is 118 cm³/mol. The highest BCUT2D eigenvalue weighted by molar-refractivity contribution is 7.89. The number of halogens is 1. The zero-order valence-corrected chi connectivity index (χ0v) is 18.8. The van der Waals surface area contributed by atoms with Gasteiger partial charge in [-0.05, 0) is 29.8 Å². The van der Waals surface area contributed by atoms with Crippen molar-refractivity contribution in [1.82, 2.24) is 14.6 Å². The molecule has 0 saturated carbocycles. The van der Waals surface area contributed by atoms with Crippen molar-refractivity contribution in [1.29, 1.82) is 0 Å². The standard InChI is InChI=1S/C21H22ClN3O5S/c1-25(2)31(28,29)19-11-13(8-9-16(19)22)20(26)24-18(21(27)30-3)10-14-12-23-17-7-5-4-6-15(14)17/h4-9,11-12,18,23H,10H2,1-3H3,(H,24,26)/t18-/m1/s1. The molecule has 2 aromatic carbocycles. The lowest BCUT2D eigenvalue weighted by molar-refractivity contribution is -0.142. The Morgan fingerprint density at radius 3 is 2.58 bits per heavy atom.